The molecule has 0 fully saturated rings. The van der Waals surface area contributed by atoms with Gasteiger partial charge in [0.15, 0.2) is 0 Å². The van der Waals surface area contributed by atoms with Crippen molar-refractivity contribution in [2.24, 2.45) is 0 Å². The minimum absolute atomic E-state index is 0.0911. The summed E-state index contributed by atoms with van der Waals surface area (Å²) in [6, 6.07) is 6.40. The number of carboxylic acid groups (broad SMARTS) is 1. The lowest BCUT2D eigenvalue weighted by molar-refractivity contribution is 0.0697. The van der Waals surface area contributed by atoms with Crippen LogP contribution in [0.1, 0.15) is 22.3 Å². The molecule has 2 amide bonds. The summed E-state index contributed by atoms with van der Waals surface area (Å²) in [6.45, 7) is 1.78. The topological polar surface area (TPSA) is 69.6 Å². The molecule has 0 aromatic heterocycles. The number of nitrogens with zero attached hydrogens (tertiary/aromatic N) is 1. The van der Waals surface area contributed by atoms with Crippen LogP contribution in [0.15, 0.2) is 36.4 Å². The standard InChI is InChI=1S/C14H16N2O3/c17-13(18)12-6-4-11(5-7-12)10-15-14(19)16-8-2-1-3-9-16/h1-2,4-7H,3,8-10H2,(H,15,19)(H,17,18). The Kier molecular flexibility index (Phi) is 4.18. The molecule has 1 aromatic carbocycles. The number of hydrogen-bond donors (Lipinski definition) is 2. The molecule has 2 rings (SSSR count). The Hall–Kier alpha value is -2.30. The summed E-state index contributed by atoms with van der Waals surface area (Å²) in [4.78, 5) is 24.3. The summed E-state index contributed by atoms with van der Waals surface area (Å²) in [5.74, 6) is -0.948. The molecule has 1 aliphatic rings. The number of benzene rings is 1. The van der Waals surface area contributed by atoms with Gasteiger partial charge in [0.05, 0.1) is 5.56 Å². The van der Waals surface area contributed by atoms with Crippen LogP contribution >= 0.6 is 0 Å². The first-order valence-electron chi connectivity index (χ1n) is 6.17. The molecule has 0 bridgehead atoms. The first kappa shape index (κ1) is 13.1. The highest BCUT2D eigenvalue weighted by atomic mass is 16.4. The summed E-state index contributed by atoms with van der Waals surface area (Å²) in [5, 5.41) is 11.6. The Morgan fingerprint density at radius 3 is 2.53 bits per heavy atom. The molecule has 1 heterocycles. The predicted octanol–water partition coefficient (Wildman–Crippen LogP) is 1.86. The fraction of sp³-hybridized carbons (Fsp3) is 0.286. The Labute approximate surface area is 111 Å². The van der Waals surface area contributed by atoms with Crippen LogP contribution in [-0.4, -0.2) is 35.1 Å². The Morgan fingerprint density at radius 1 is 1.21 bits per heavy atom. The fourth-order valence-electron chi connectivity index (χ4n) is 1.88. The lowest BCUT2D eigenvalue weighted by Gasteiger charge is -2.23. The van der Waals surface area contributed by atoms with Crippen LogP contribution in [0.25, 0.3) is 0 Å². The van der Waals surface area contributed by atoms with Crippen molar-refractivity contribution in [2.75, 3.05) is 13.1 Å². The van der Waals surface area contributed by atoms with Gasteiger partial charge in [0.1, 0.15) is 0 Å². The Morgan fingerprint density at radius 2 is 1.95 bits per heavy atom. The van der Waals surface area contributed by atoms with Gasteiger partial charge in [0.2, 0.25) is 0 Å². The molecule has 19 heavy (non-hydrogen) atoms. The number of amides is 2. The van der Waals surface area contributed by atoms with Crippen molar-refractivity contribution in [1.29, 1.82) is 0 Å². The summed E-state index contributed by atoms with van der Waals surface area (Å²) >= 11 is 0. The normalized spacial score (nSPS) is 14.2. The van der Waals surface area contributed by atoms with Crippen LogP contribution in [0, 0.1) is 0 Å². The van der Waals surface area contributed by atoms with E-state index >= 15 is 0 Å². The van der Waals surface area contributed by atoms with Crippen molar-refractivity contribution < 1.29 is 14.7 Å². The number of aromatic carboxylic acids is 1. The van der Waals surface area contributed by atoms with Crippen molar-refractivity contribution in [3.8, 4) is 0 Å². The van der Waals surface area contributed by atoms with E-state index in [1.165, 1.54) is 12.1 Å². The van der Waals surface area contributed by atoms with Crippen molar-refractivity contribution in [3.05, 3.63) is 47.5 Å². The molecule has 2 N–H and O–H groups in total. The average Bonchev–Trinajstić information content (AvgIpc) is 2.46. The molecule has 0 saturated heterocycles. The van der Waals surface area contributed by atoms with Gasteiger partial charge in [0, 0.05) is 19.6 Å². The van der Waals surface area contributed by atoms with E-state index in [9.17, 15) is 9.59 Å². The van der Waals surface area contributed by atoms with Crippen LogP contribution in [0.3, 0.4) is 0 Å². The minimum Gasteiger partial charge on any atom is -0.478 e. The molecule has 1 aliphatic heterocycles. The number of urea groups is 1. The van der Waals surface area contributed by atoms with Crippen molar-refractivity contribution in [3.63, 3.8) is 0 Å². The third kappa shape index (κ3) is 3.58. The third-order valence-electron chi connectivity index (χ3n) is 2.99. The van der Waals surface area contributed by atoms with Crippen LogP contribution in [0.2, 0.25) is 0 Å². The van der Waals surface area contributed by atoms with Gasteiger partial charge in [0.25, 0.3) is 0 Å². The molecule has 0 saturated carbocycles. The monoisotopic (exact) mass is 260 g/mol. The Balaban J connectivity index is 1.86. The number of carbonyl (C=O) groups is 2. The molecule has 0 radical (unpaired) electrons. The quantitative estimate of drug-likeness (QED) is 0.815. The molecular formula is C14H16N2O3. The number of hydrogen-bond acceptors (Lipinski definition) is 2. The molecule has 0 unspecified atom stereocenters. The summed E-state index contributed by atoms with van der Waals surface area (Å²) in [5.41, 5.74) is 1.13. The zero-order valence-electron chi connectivity index (χ0n) is 10.5. The van der Waals surface area contributed by atoms with Crippen molar-refractivity contribution in [1.82, 2.24) is 10.2 Å². The fourth-order valence-corrected chi connectivity index (χ4v) is 1.88. The number of carboxylic acids is 1. The largest absolute Gasteiger partial charge is 0.478 e. The van der Waals surface area contributed by atoms with Gasteiger partial charge in [-0.1, -0.05) is 24.3 Å². The molecule has 0 spiro atoms. The van der Waals surface area contributed by atoms with E-state index < -0.39 is 5.97 Å². The second kappa shape index (κ2) is 6.04. The van der Waals surface area contributed by atoms with Crippen LogP contribution < -0.4 is 5.32 Å². The summed E-state index contributed by atoms with van der Waals surface area (Å²) < 4.78 is 0. The van der Waals surface area contributed by atoms with E-state index in [1.807, 2.05) is 6.08 Å². The molecule has 100 valence electrons. The van der Waals surface area contributed by atoms with Crippen LogP contribution in [0.5, 0.6) is 0 Å². The number of carbonyl (C=O) groups excluding carboxylic acids is 1. The van der Waals surface area contributed by atoms with Gasteiger partial charge >= 0.3 is 12.0 Å². The highest BCUT2D eigenvalue weighted by Gasteiger charge is 2.12. The van der Waals surface area contributed by atoms with E-state index in [0.717, 1.165) is 18.5 Å². The zero-order valence-corrected chi connectivity index (χ0v) is 10.5. The first-order valence-corrected chi connectivity index (χ1v) is 6.17. The van der Waals surface area contributed by atoms with Gasteiger partial charge in [-0.05, 0) is 24.1 Å². The highest BCUT2D eigenvalue weighted by molar-refractivity contribution is 5.87. The van der Waals surface area contributed by atoms with Gasteiger partial charge < -0.3 is 15.3 Å². The van der Waals surface area contributed by atoms with E-state index in [-0.39, 0.29) is 11.6 Å². The van der Waals surface area contributed by atoms with E-state index in [1.54, 1.807) is 17.0 Å². The maximum Gasteiger partial charge on any atom is 0.335 e. The predicted molar refractivity (Wildman–Crippen MR) is 71.0 cm³/mol. The second-order valence-electron chi connectivity index (χ2n) is 4.37. The molecule has 1 aromatic rings. The van der Waals surface area contributed by atoms with E-state index in [2.05, 4.69) is 11.4 Å². The van der Waals surface area contributed by atoms with Crippen molar-refractivity contribution >= 4 is 12.0 Å². The number of rotatable bonds is 3. The molecule has 0 atom stereocenters. The SMILES string of the molecule is O=C(O)c1ccc(CNC(=O)N2CC=CCC2)cc1. The van der Waals surface area contributed by atoms with Gasteiger partial charge in [-0.15, -0.1) is 0 Å². The molecule has 5 heteroatoms. The lowest BCUT2D eigenvalue weighted by atomic mass is 10.1. The Bertz CT molecular complexity index is 494. The lowest BCUT2D eigenvalue weighted by Crippen LogP contribution is -2.41. The van der Waals surface area contributed by atoms with Crippen molar-refractivity contribution in [2.45, 2.75) is 13.0 Å². The summed E-state index contributed by atoms with van der Waals surface area (Å²) in [6.07, 6.45) is 4.93. The second-order valence-corrected chi connectivity index (χ2v) is 4.37. The van der Waals surface area contributed by atoms with Gasteiger partial charge in [-0.3, -0.25) is 0 Å². The van der Waals surface area contributed by atoms with Crippen LogP contribution in [0.4, 0.5) is 4.79 Å². The number of nitrogens with one attached hydrogen (secondary N) is 1. The zero-order chi connectivity index (χ0) is 13.7. The minimum atomic E-state index is -0.948. The smallest absolute Gasteiger partial charge is 0.335 e. The van der Waals surface area contributed by atoms with Crippen LogP contribution in [-0.2, 0) is 6.54 Å². The average molecular weight is 260 g/mol. The van der Waals surface area contributed by atoms with E-state index in [4.69, 9.17) is 5.11 Å². The van der Waals surface area contributed by atoms with E-state index in [0.29, 0.717) is 13.1 Å². The molecule has 0 aliphatic carbocycles. The highest BCUT2D eigenvalue weighted by Crippen LogP contribution is 2.05. The molecular weight excluding hydrogens is 244 g/mol. The maximum atomic E-state index is 11.8. The first-order chi connectivity index (χ1) is 9.16. The summed E-state index contributed by atoms with van der Waals surface area (Å²) in [7, 11) is 0. The van der Waals surface area contributed by atoms with Gasteiger partial charge in [-0.2, -0.15) is 0 Å². The van der Waals surface area contributed by atoms with Gasteiger partial charge in [-0.25, -0.2) is 9.59 Å². The third-order valence-corrected chi connectivity index (χ3v) is 2.99. The molecule has 5 nitrogen and oxygen atoms in total. The maximum absolute atomic E-state index is 11.8.